The Hall–Kier alpha value is -2.96. The van der Waals surface area contributed by atoms with Crippen LogP contribution in [-0.2, 0) is 11.3 Å². The van der Waals surface area contributed by atoms with Crippen molar-refractivity contribution < 1.29 is 9.47 Å². The zero-order chi connectivity index (χ0) is 20.1. The van der Waals surface area contributed by atoms with Crippen molar-refractivity contribution in [1.82, 2.24) is 14.9 Å². The van der Waals surface area contributed by atoms with Gasteiger partial charge in [-0.25, -0.2) is 9.97 Å². The van der Waals surface area contributed by atoms with Gasteiger partial charge in [0, 0.05) is 43.8 Å². The Morgan fingerprint density at radius 1 is 0.966 bits per heavy atom. The minimum atomic E-state index is 0.241. The lowest BCUT2D eigenvalue weighted by atomic mass is 10.1. The van der Waals surface area contributed by atoms with E-state index in [-0.39, 0.29) is 6.23 Å². The molecule has 0 amide bonds. The van der Waals surface area contributed by atoms with E-state index in [1.54, 1.807) is 14.2 Å². The maximum Gasteiger partial charge on any atom is 0.227 e. The fraction of sp³-hybridized carbons (Fsp3) is 0.304. The van der Waals surface area contributed by atoms with Gasteiger partial charge in [0.2, 0.25) is 5.95 Å². The van der Waals surface area contributed by atoms with Crippen LogP contribution in [-0.4, -0.2) is 41.9 Å². The molecular weight excluding hydrogens is 364 g/mol. The number of benzene rings is 2. The number of anilines is 2. The SMILES string of the molecule is COc1ccc(-c2cnc(Nc3ccc(CN4CCC[C@H]4OC)cc3)nc2)cc1. The summed E-state index contributed by atoms with van der Waals surface area (Å²) in [6.45, 7) is 2.00. The van der Waals surface area contributed by atoms with Crippen LogP contribution in [0.1, 0.15) is 18.4 Å². The van der Waals surface area contributed by atoms with Crippen LogP contribution in [0.5, 0.6) is 5.75 Å². The van der Waals surface area contributed by atoms with E-state index in [1.165, 1.54) is 12.0 Å². The minimum Gasteiger partial charge on any atom is -0.497 e. The zero-order valence-corrected chi connectivity index (χ0v) is 16.8. The summed E-state index contributed by atoms with van der Waals surface area (Å²) < 4.78 is 10.7. The molecule has 1 aliphatic heterocycles. The highest BCUT2D eigenvalue weighted by molar-refractivity contribution is 5.63. The number of rotatable bonds is 7. The van der Waals surface area contributed by atoms with Gasteiger partial charge in [0.25, 0.3) is 0 Å². The molecular formula is C23H26N4O2. The van der Waals surface area contributed by atoms with Crippen LogP contribution in [0.3, 0.4) is 0 Å². The van der Waals surface area contributed by atoms with Gasteiger partial charge >= 0.3 is 0 Å². The predicted octanol–water partition coefficient (Wildman–Crippen LogP) is 4.46. The van der Waals surface area contributed by atoms with Crippen molar-refractivity contribution in [2.75, 3.05) is 26.1 Å². The van der Waals surface area contributed by atoms with Crippen molar-refractivity contribution in [2.45, 2.75) is 25.6 Å². The van der Waals surface area contributed by atoms with Gasteiger partial charge in [0.05, 0.1) is 7.11 Å². The molecule has 1 aromatic heterocycles. The van der Waals surface area contributed by atoms with Crippen LogP contribution in [0, 0.1) is 0 Å². The van der Waals surface area contributed by atoms with Crippen molar-refractivity contribution in [3.8, 4) is 16.9 Å². The number of methoxy groups -OCH3 is 2. The molecule has 0 radical (unpaired) electrons. The van der Waals surface area contributed by atoms with E-state index < -0.39 is 0 Å². The number of likely N-dealkylation sites (tertiary alicyclic amines) is 1. The maximum atomic E-state index is 5.54. The normalized spacial score (nSPS) is 16.7. The van der Waals surface area contributed by atoms with E-state index in [1.807, 2.05) is 36.7 Å². The molecule has 2 aromatic carbocycles. The van der Waals surface area contributed by atoms with Gasteiger partial charge in [-0.3, -0.25) is 4.90 Å². The predicted molar refractivity (Wildman–Crippen MR) is 114 cm³/mol. The molecule has 29 heavy (non-hydrogen) atoms. The average molecular weight is 390 g/mol. The van der Waals surface area contributed by atoms with Crippen LogP contribution in [0.2, 0.25) is 0 Å². The summed E-state index contributed by atoms with van der Waals surface area (Å²) in [5.74, 6) is 1.41. The summed E-state index contributed by atoms with van der Waals surface area (Å²) in [6, 6.07) is 16.3. The van der Waals surface area contributed by atoms with E-state index in [0.717, 1.165) is 42.1 Å². The fourth-order valence-corrected chi connectivity index (χ4v) is 3.63. The van der Waals surface area contributed by atoms with Crippen LogP contribution in [0.25, 0.3) is 11.1 Å². The highest BCUT2D eigenvalue weighted by Gasteiger charge is 2.23. The van der Waals surface area contributed by atoms with Gasteiger partial charge in [-0.1, -0.05) is 24.3 Å². The summed E-state index contributed by atoms with van der Waals surface area (Å²) in [5.41, 5.74) is 4.26. The van der Waals surface area contributed by atoms with Crippen molar-refractivity contribution in [3.63, 3.8) is 0 Å². The number of aromatic nitrogens is 2. The first-order valence-corrected chi connectivity index (χ1v) is 9.84. The molecule has 6 nitrogen and oxygen atoms in total. The molecule has 1 fully saturated rings. The Morgan fingerprint density at radius 2 is 1.69 bits per heavy atom. The van der Waals surface area contributed by atoms with E-state index in [2.05, 4.69) is 44.5 Å². The molecule has 6 heteroatoms. The molecule has 150 valence electrons. The molecule has 0 aliphatic carbocycles. The summed E-state index contributed by atoms with van der Waals surface area (Å²) >= 11 is 0. The van der Waals surface area contributed by atoms with Gasteiger partial charge in [-0.15, -0.1) is 0 Å². The largest absolute Gasteiger partial charge is 0.497 e. The Morgan fingerprint density at radius 3 is 2.34 bits per heavy atom. The second-order valence-corrected chi connectivity index (χ2v) is 7.15. The zero-order valence-electron chi connectivity index (χ0n) is 16.8. The molecule has 1 atom stereocenters. The summed E-state index contributed by atoms with van der Waals surface area (Å²) in [4.78, 5) is 11.3. The Kier molecular flexibility index (Phi) is 6.03. The quantitative estimate of drug-likeness (QED) is 0.643. The minimum absolute atomic E-state index is 0.241. The smallest absolute Gasteiger partial charge is 0.227 e. The van der Waals surface area contributed by atoms with Gasteiger partial charge in [0.15, 0.2) is 0 Å². The Balaban J connectivity index is 1.37. The highest BCUT2D eigenvalue weighted by atomic mass is 16.5. The van der Waals surface area contributed by atoms with Crippen LogP contribution in [0.4, 0.5) is 11.6 Å². The summed E-state index contributed by atoms with van der Waals surface area (Å²) in [5, 5.41) is 3.26. The molecule has 0 unspecified atom stereocenters. The first kappa shape index (κ1) is 19.4. The van der Waals surface area contributed by atoms with E-state index in [0.29, 0.717) is 5.95 Å². The molecule has 0 saturated carbocycles. The molecule has 0 bridgehead atoms. The van der Waals surface area contributed by atoms with Crippen LogP contribution >= 0.6 is 0 Å². The highest BCUT2D eigenvalue weighted by Crippen LogP contribution is 2.23. The standard InChI is InChI=1S/C23H26N4O2/c1-28-21-11-7-18(8-12-21)19-14-24-23(25-15-19)26-20-9-5-17(6-10-20)16-27-13-3-4-22(27)29-2/h5-12,14-15,22H,3-4,13,16H2,1-2H3,(H,24,25,26)/t22-/m1/s1. The lowest BCUT2D eigenvalue weighted by Crippen LogP contribution is -2.30. The Labute approximate surface area is 171 Å². The molecule has 2 heterocycles. The molecule has 0 spiro atoms. The third kappa shape index (κ3) is 4.72. The van der Waals surface area contributed by atoms with Crippen LogP contribution in [0.15, 0.2) is 60.9 Å². The van der Waals surface area contributed by atoms with E-state index in [4.69, 9.17) is 9.47 Å². The topological polar surface area (TPSA) is 59.5 Å². The van der Waals surface area contributed by atoms with Gasteiger partial charge in [0.1, 0.15) is 12.0 Å². The van der Waals surface area contributed by atoms with E-state index in [9.17, 15) is 0 Å². The number of nitrogens with zero attached hydrogens (tertiary/aromatic N) is 3. The maximum absolute atomic E-state index is 5.54. The van der Waals surface area contributed by atoms with Crippen molar-refractivity contribution in [1.29, 1.82) is 0 Å². The van der Waals surface area contributed by atoms with Gasteiger partial charge < -0.3 is 14.8 Å². The molecule has 3 aromatic rings. The Bertz CT molecular complexity index is 911. The summed E-state index contributed by atoms with van der Waals surface area (Å²) in [7, 11) is 3.45. The molecule has 1 aliphatic rings. The monoisotopic (exact) mass is 390 g/mol. The number of hydrogen-bond acceptors (Lipinski definition) is 6. The first-order valence-electron chi connectivity index (χ1n) is 9.84. The fourth-order valence-electron chi connectivity index (χ4n) is 3.63. The van der Waals surface area contributed by atoms with Crippen molar-refractivity contribution >= 4 is 11.6 Å². The molecule has 4 rings (SSSR count). The second kappa shape index (κ2) is 9.03. The number of hydrogen-bond donors (Lipinski definition) is 1. The number of nitrogens with one attached hydrogen (secondary N) is 1. The van der Waals surface area contributed by atoms with Crippen molar-refractivity contribution in [3.05, 3.63) is 66.5 Å². The number of ether oxygens (including phenoxy) is 2. The van der Waals surface area contributed by atoms with Crippen LogP contribution < -0.4 is 10.1 Å². The third-order valence-electron chi connectivity index (χ3n) is 5.25. The molecule has 1 saturated heterocycles. The third-order valence-corrected chi connectivity index (χ3v) is 5.25. The lowest BCUT2D eigenvalue weighted by Gasteiger charge is -2.23. The lowest BCUT2D eigenvalue weighted by molar-refractivity contribution is -0.00814. The van der Waals surface area contributed by atoms with Crippen molar-refractivity contribution in [2.24, 2.45) is 0 Å². The molecule has 1 N–H and O–H groups in total. The first-order chi connectivity index (χ1) is 14.2. The second-order valence-electron chi connectivity index (χ2n) is 7.15. The average Bonchev–Trinajstić information content (AvgIpc) is 3.23. The summed E-state index contributed by atoms with van der Waals surface area (Å²) in [6.07, 6.45) is 6.20. The van der Waals surface area contributed by atoms with Gasteiger partial charge in [-0.2, -0.15) is 0 Å². The van der Waals surface area contributed by atoms with Gasteiger partial charge in [-0.05, 0) is 48.2 Å². The van der Waals surface area contributed by atoms with E-state index >= 15 is 0 Å².